The summed E-state index contributed by atoms with van der Waals surface area (Å²) in [6.45, 7) is 0. The lowest BCUT2D eigenvalue weighted by molar-refractivity contribution is -0.115. The number of amides is 1. The molecule has 0 bridgehead atoms. The van der Waals surface area contributed by atoms with Crippen LogP contribution in [-0.4, -0.2) is 15.9 Å². The molecule has 0 aliphatic rings. The number of nitrogens with one attached hydrogen (secondary N) is 1. The Morgan fingerprint density at radius 2 is 2.19 bits per heavy atom. The zero-order valence-electron chi connectivity index (χ0n) is 10.6. The van der Waals surface area contributed by atoms with Gasteiger partial charge in [-0.05, 0) is 18.2 Å². The molecule has 21 heavy (non-hydrogen) atoms. The SMILES string of the molecule is O=C(Cc1nc(CCl)cs1)Nc1nc2ccc(Cl)cc2s1. The third-order valence-electron chi connectivity index (χ3n) is 2.64. The van der Waals surface area contributed by atoms with Crippen molar-refractivity contribution in [1.29, 1.82) is 0 Å². The largest absolute Gasteiger partial charge is 0.302 e. The van der Waals surface area contributed by atoms with Crippen molar-refractivity contribution in [1.82, 2.24) is 9.97 Å². The van der Waals surface area contributed by atoms with E-state index in [1.807, 2.05) is 17.5 Å². The Morgan fingerprint density at radius 1 is 1.33 bits per heavy atom. The Kier molecular flexibility index (Phi) is 4.40. The van der Waals surface area contributed by atoms with E-state index >= 15 is 0 Å². The number of nitrogens with zero attached hydrogens (tertiary/aromatic N) is 2. The number of anilines is 1. The van der Waals surface area contributed by atoms with Gasteiger partial charge in [0.25, 0.3) is 0 Å². The normalized spacial score (nSPS) is 11.0. The second-order valence-corrected chi connectivity index (χ2v) is 6.90. The number of fused-ring (bicyclic) bond motifs is 1. The smallest absolute Gasteiger partial charge is 0.233 e. The number of aromatic nitrogens is 2. The maximum absolute atomic E-state index is 12.0. The predicted molar refractivity (Wildman–Crippen MR) is 88.6 cm³/mol. The summed E-state index contributed by atoms with van der Waals surface area (Å²) in [6, 6.07) is 5.44. The van der Waals surface area contributed by atoms with Crippen LogP contribution < -0.4 is 5.32 Å². The van der Waals surface area contributed by atoms with Gasteiger partial charge in [0.15, 0.2) is 5.13 Å². The Labute approximate surface area is 138 Å². The van der Waals surface area contributed by atoms with Crippen molar-refractivity contribution in [3.8, 4) is 0 Å². The van der Waals surface area contributed by atoms with E-state index in [-0.39, 0.29) is 12.3 Å². The average Bonchev–Trinajstić information content (AvgIpc) is 3.04. The van der Waals surface area contributed by atoms with Gasteiger partial charge in [0.1, 0.15) is 5.01 Å². The molecule has 1 amide bonds. The number of carbonyl (C=O) groups is 1. The van der Waals surface area contributed by atoms with Crippen LogP contribution in [0.2, 0.25) is 5.02 Å². The number of hydrogen-bond donors (Lipinski definition) is 1. The highest BCUT2D eigenvalue weighted by Crippen LogP contribution is 2.28. The van der Waals surface area contributed by atoms with Crippen molar-refractivity contribution >= 4 is 67.1 Å². The molecule has 0 unspecified atom stereocenters. The Balaban J connectivity index is 1.70. The molecule has 108 valence electrons. The van der Waals surface area contributed by atoms with Gasteiger partial charge in [-0.2, -0.15) is 0 Å². The Bertz CT molecular complexity index is 800. The predicted octanol–water partition coefficient (Wildman–Crippen LogP) is 4.33. The lowest BCUT2D eigenvalue weighted by Crippen LogP contribution is -2.14. The first-order valence-corrected chi connectivity index (χ1v) is 8.60. The van der Waals surface area contributed by atoms with Crippen LogP contribution in [0.1, 0.15) is 10.7 Å². The van der Waals surface area contributed by atoms with Crippen LogP contribution in [0.15, 0.2) is 23.6 Å². The van der Waals surface area contributed by atoms with Gasteiger partial charge in [-0.1, -0.05) is 22.9 Å². The van der Waals surface area contributed by atoms with E-state index in [0.29, 0.717) is 16.0 Å². The van der Waals surface area contributed by atoms with Crippen LogP contribution in [0.5, 0.6) is 0 Å². The quantitative estimate of drug-likeness (QED) is 0.707. The summed E-state index contributed by atoms with van der Waals surface area (Å²) in [6.07, 6.45) is 0.220. The van der Waals surface area contributed by atoms with E-state index < -0.39 is 0 Å². The maximum atomic E-state index is 12.0. The van der Waals surface area contributed by atoms with E-state index in [1.165, 1.54) is 22.7 Å². The van der Waals surface area contributed by atoms with Gasteiger partial charge in [0.2, 0.25) is 5.91 Å². The van der Waals surface area contributed by atoms with Crippen molar-refractivity contribution < 1.29 is 4.79 Å². The summed E-state index contributed by atoms with van der Waals surface area (Å²) in [5.41, 5.74) is 1.61. The summed E-state index contributed by atoms with van der Waals surface area (Å²) in [7, 11) is 0. The first kappa shape index (κ1) is 14.7. The lowest BCUT2D eigenvalue weighted by atomic mass is 10.3. The second kappa shape index (κ2) is 6.27. The molecule has 3 aromatic rings. The Hall–Kier alpha value is -1.21. The van der Waals surface area contributed by atoms with E-state index in [0.717, 1.165) is 20.9 Å². The second-order valence-electron chi connectivity index (χ2n) is 4.22. The fraction of sp³-hybridized carbons (Fsp3) is 0.154. The molecule has 4 nitrogen and oxygen atoms in total. The zero-order valence-corrected chi connectivity index (χ0v) is 13.7. The third kappa shape index (κ3) is 3.52. The third-order valence-corrected chi connectivity index (χ3v) is 4.98. The maximum Gasteiger partial charge on any atom is 0.233 e. The molecule has 1 N–H and O–H groups in total. The molecule has 0 radical (unpaired) electrons. The number of benzene rings is 1. The van der Waals surface area contributed by atoms with Gasteiger partial charge in [-0.3, -0.25) is 4.79 Å². The lowest BCUT2D eigenvalue weighted by Gasteiger charge is -1.98. The fourth-order valence-electron chi connectivity index (χ4n) is 1.74. The van der Waals surface area contributed by atoms with Crippen molar-refractivity contribution in [3.05, 3.63) is 39.3 Å². The number of carbonyl (C=O) groups excluding carboxylic acids is 1. The zero-order chi connectivity index (χ0) is 14.8. The number of rotatable bonds is 4. The van der Waals surface area contributed by atoms with Gasteiger partial charge in [-0.15, -0.1) is 22.9 Å². The standard InChI is InChI=1S/C13H9Cl2N3OS2/c14-5-8-6-20-12(16-8)4-11(19)18-13-17-9-2-1-7(15)3-10(9)21-13/h1-3,6H,4-5H2,(H,17,18,19). The van der Waals surface area contributed by atoms with Crippen LogP contribution in [0.25, 0.3) is 10.2 Å². The van der Waals surface area contributed by atoms with Crippen LogP contribution in [-0.2, 0) is 17.1 Å². The van der Waals surface area contributed by atoms with E-state index in [9.17, 15) is 4.79 Å². The minimum atomic E-state index is -0.143. The summed E-state index contributed by atoms with van der Waals surface area (Å²) < 4.78 is 0.941. The molecule has 2 heterocycles. The highest BCUT2D eigenvalue weighted by Gasteiger charge is 2.11. The number of thiazole rings is 2. The summed E-state index contributed by atoms with van der Waals surface area (Å²) >= 11 is 14.4. The van der Waals surface area contributed by atoms with Gasteiger partial charge in [-0.25, -0.2) is 9.97 Å². The van der Waals surface area contributed by atoms with Crippen LogP contribution in [0.4, 0.5) is 5.13 Å². The molecule has 0 saturated heterocycles. The highest BCUT2D eigenvalue weighted by atomic mass is 35.5. The van der Waals surface area contributed by atoms with E-state index in [4.69, 9.17) is 23.2 Å². The summed E-state index contributed by atoms with van der Waals surface area (Å²) in [5, 5.41) is 6.60. The molecule has 0 aliphatic carbocycles. The first-order chi connectivity index (χ1) is 10.1. The van der Waals surface area contributed by atoms with Crippen LogP contribution >= 0.6 is 45.9 Å². The first-order valence-electron chi connectivity index (χ1n) is 5.99. The molecule has 0 saturated carbocycles. The molecular weight excluding hydrogens is 349 g/mol. The average molecular weight is 358 g/mol. The highest BCUT2D eigenvalue weighted by molar-refractivity contribution is 7.22. The fourth-order valence-corrected chi connectivity index (χ4v) is 3.92. The molecule has 0 fully saturated rings. The van der Waals surface area contributed by atoms with Crippen LogP contribution in [0, 0.1) is 0 Å². The number of hydrogen-bond acceptors (Lipinski definition) is 5. The Morgan fingerprint density at radius 3 is 2.95 bits per heavy atom. The summed E-state index contributed by atoms with van der Waals surface area (Å²) in [5.74, 6) is 0.215. The molecule has 0 spiro atoms. The molecule has 0 aliphatic heterocycles. The molecule has 8 heteroatoms. The topological polar surface area (TPSA) is 54.9 Å². The van der Waals surface area contributed by atoms with Crippen molar-refractivity contribution in [2.45, 2.75) is 12.3 Å². The van der Waals surface area contributed by atoms with E-state index in [1.54, 1.807) is 6.07 Å². The van der Waals surface area contributed by atoms with Crippen molar-refractivity contribution in [2.75, 3.05) is 5.32 Å². The van der Waals surface area contributed by atoms with E-state index in [2.05, 4.69) is 15.3 Å². The summed E-state index contributed by atoms with van der Waals surface area (Å²) in [4.78, 5) is 20.6. The molecular formula is C13H9Cl2N3OS2. The molecule has 0 atom stereocenters. The van der Waals surface area contributed by atoms with Crippen LogP contribution in [0.3, 0.4) is 0 Å². The number of halogens is 2. The van der Waals surface area contributed by atoms with Gasteiger partial charge in [0, 0.05) is 10.4 Å². The van der Waals surface area contributed by atoms with Crippen molar-refractivity contribution in [2.24, 2.45) is 0 Å². The van der Waals surface area contributed by atoms with Gasteiger partial charge < -0.3 is 5.32 Å². The molecule has 1 aromatic carbocycles. The monoisotopic (exact) mass is 357 g/mol. The minimum absolute atomic E-state index is 0.143. The van der Waals surface area contributed by atoms with Crippen molar-refractivity contribution in [3.63, 3.8) is 0 Å². The number of alkyl halides is 1. The van der Waals surface area contributed by atoms with Gasteiger partial charge >= 0.3 is 0 Å². The molecule has 3 rings (SSSR count). The molecule has 2 aromatic heterocycles. The van der Waals surface area contributed by atoms with Gasteiger partial charge in [0.05, 0.1) is 28.2 Å². The minimum Gasteiger partial charge on any atom is -0.302 e.